The van der Waals surface area contributed by atoms with E-state index in [4.69, 9.17) is 11.1 Å². The summed E-state index contributed by atoms with van der Waals surface area (Å²) in [4.78, 5) is 1.43. The van der Waals surface area contributed by atoms with Crippen LogP contribution in [0.15, 0.2) is 50.7 Å². The summed E-state index contributed by atoms with van der Waals surface area (Å²) < 4.78 is 26.6. The second-order valence-corrected chi connectivity index (χ2v) is 5.73. The molecule has 2 aromatic rings. The van der Waals surface area contributed by atoms with E-state index in [-0.39, 0.29) is 5.84 Å². The second-order valence-electron chi connectivity index (χ2n) is 3.73. The van der Waals surface area contributed by atoms with E-state index in [1.54, 1.807) is 18.2 Å². The first-order chi connectivity index (χ1) is 8.97. The van der Waals surface area contributed by atoms with Crippen LogP contribution in [0, 0.1) is 17.0 Å². The van der Waals surface area contributed by atoms with Crippen molar-refractivity contribution in [2.45, 2.75) is 9.79 Å². The quantitative estimate of drug-likeness (QED) is 0.649. The molecule has 0 aliphatic carbocycles. The van der Waals surface area contributed by atoms with Gasteiger partial charge in [-0.3, -0.25) is 5.41 Å². The molecule has 0 aromatic heterocycles. The van der Waals surface area contributed by atoms with Gasteiger partial charge in [-0.05, 0) is 52.3 Å². The number of nitrogens with two attached hydrogens (primary N) is 1. The van der Waals surface area contributed by atoms with Crippen molar-refractivity contribution in [3.63, 3.8) is 0 Å². The van der Waals surface area contributed by atoms with Crippen LogP contribution in [0.25, 0.3) is 0 Å². The molecule has 0 fully saturated rings. The zero-order chi connectivity index (χ0) is 14.0. The van der Waals surface area contributed by atoms with Crippen molar-refractivity contribution in [3.05, 3.63) is 58.1 Å². The average Bonchev–Trinajstić information content (AvgIpc) is 2.33. The Morgan fingerprint density at radius 1 is 1.05 bits per heavy atom. The number of hydrogen-bond donors (Lipinski definition) is 2. The normalized spacial score (nSPS) is 10.5. The number of halogens is 3. The molecule has 19 heavy (non-hydrogen) atoms. The van der Waals surface area contributed by atoms with E-state index in [1.165, 1.54) is 17.8 Å². The van der Waals surface area contributed by atoms with E-state index in [9.17, 15) is 8.78 Å². The van der Waals surface area contributed by atoms with Gasteiger partial charge in [-0.15, -0.1) is 0 Å². The molecule has 0 aliphatic heterocycles. The van der Waals surface area contributed by atoms with Crippen molar-refractivity contribution in [1.82, 2.24) is 0 Å². The second kappa shape index (κ2) is 5.71. The molecule has 0 saturated carbocycles. The lowest BCUT2D eigenvalue weighted by Crippen LogP contribution is -2.11. The zero-order valence-electron chi connectivity index (χ0n) is 9.58. The smallest absolute Gasteiger partial charge is 0.159 e. The predicted molar refractivity (Wildman–Crippen MR) is 75.6 cm³/mol. The van der Waals surface area contributed by atoms with E-state index in [0.29, 0.717) is 14.9 Å². The molecule has 6 heteroatoms. The van der Waals surface area contributed by atoms with E-state index < -0.39 is 11.6 Å². The highest BCUT2D eigenvalue weighted by atomic mass is 79.9. The molecule has 2 nitrogen and oxygen atoms in total. The third-order valence-corrected chi connectivity index (χ3v) is 3.99. The van der Waals surface area contributed by atoms with Crippen LogP contribution in [0.3, 0.4) is 0 Å². The number of hydrogen-bond acceptors (Lipinski definition) is 2. The Kier molecular flexibility index (Phi) is 4.21. The number of benzene rings is 2. The maximum Gasteiger partial charge on any atom is 0.159 e. The Morgan fingerprint density at radius 3 is 2.26 bits per heavy atom. The van der Waals surface area contributed by atoms with Crippen LogP contribution >= 0.6 is 27.7 Å². The van der Waals surface area contributed by atoms with Crippen LogP contribution in [-0.2, 0) is 0 Å². The Bertz CT molecular complexity index is 647. The van der Waals surface area contributed by atoms with Gasteiger partial charge in [0.2, 0.25) is 0 Å². The molecule has 0 bridgehead atoms. The largest absolute Gasteiger partial charge is 0.384 e. The average molecular weight is 343 g/mol. The van der Waals surface area contributed by atoms with Crippen molar-refractivity contribution in [2.75, 3.05) is 0 Å². The molecule has 2 rings (SSSR count). The third-order valence-electron chi connectivity index (χ3n) is 2.36. The molecule has 0 aliphatic rings. The molecule has 0 radical (unpaired) electrons. The van der Waals surface area contributed by atoms with Crippen LogP contribution in [0.4, 0.5) is 8.78 Å². The zero-order valence-corrected chi connectivity index (χ0v) is 12.0. The van der Waals surface area contributed by atoms with Crippen LogP contribution < -0.4 is 5.73 Å². The first-order valence-corrected chi connectivity index (χ1v) is 6.85. The SMILES string of the molecule is N=C(N)c1ccc(Sc2ccc(F)c(F)c2)cc1Br. The van der Waals surface area contributed by atoms with E-state index >= 15 is 0 Å². The summed E-state index contributed by atoms with van der Waals surface area (Å²) in [6.45, 7) is 0. The molecule has 2 aromatic carbocycles. The number of rotatable bonds is 3. The minimum atomic E-state index is -0.871. The Hall–Kier alpha value is -1.40. The monoisotopic (exact) mass is 342 g/mol. The lowest BCUT2D eigenvalue weighted by Gasteiger charge is -2.06. The van der Waals surface area contributed by atoms with Crippen LogP contribution in [0.5, 0.6) is 0 Å². The Morgan fingerprint density at radius 2 is 1.68 bits per heavy atom. The molecule has 0 unspecified atom stereocenters. The molecule has 0 atom stereocenters. The van der Waals surface area contributed by atoms with Crippen molar-refractivity contribution in [1.29, 1.82) is 5.41 Å². The van der Waals surface area contributed by atoms with Gasteiger partial charge in [-0.25, -0.2) is 8.78 Å². The molecule has 0 amide bonds. The summed E-state index contributed by atoms with van der Waals surface area (Å²) in [6.07, 6.45) is 0. The fourth-order valence-electron chi connectivity index (χ4n) is 1.45. The Labute approximate surface area is 121 Å². The van der Waals surface area contributed by atoms with Gasteiger partial charge in [0.25, 0.3) is 0 Å². The van der Waals surface area contributed by atoms with Crippen molar-refractivity contribution < 1.29 is 8.78 Å². The van der Waals surface area contributed by atoms with Crippen LogP contribution in [-0.4, -0.2) is 5.84 Å². The van der Waals surface area contributed by atoms with Gasteiger partial charge in [-0.2, -0.15) is 0 Å². The maximum atomic E-state index is 13.1. The molecule has 0 saturated heterocycles. The van der Waals surface area contributed by atoms with E-state index in [1.807, 2.05) is 0 Å². The highest BCUT2D eigenvalue weighted by Crippen LogP contribution is 2.31. The number of nitrogen functional groups attached to an aromatic ring is 1. The van der Waals surface area contributed by atoms with Crippen molar-refractivity contribution in [2.24, 2.45) is 5.73 Å². The lowest BCUT2D eigenvalue weighted by atomic mass is 10.2. The summed E-state index contributed by atoms with van der Waals surface area (Å²) in [5.41, 5.74) is 6.00. The number of nitrogens with one attached hydrogen (secondary N) is 1. The fourth-order valence-corrected chi connectivity index (χ4v) is 3.08. The molecule has 3 N–H and O–H groups in total. The van der Waals surface area contributed by atoms with Crippen LogP contribution in [0.2, 0.25) is 0 Å². The third kappa shape index (κ3) is 3.33. The highest BCUT2D eigenvalue weighted by Gasteiger charge is 2.07. The highest BCUT2D eigenvalue weighted by molar-refractivity contribution is 9.10. The van der Waals surface area contributed by atoms with Gasteiger partial charge in [0.1, 0.15) is 5.84 Å². The fraction of sp³-hybridized carbons (Fsp3) is 0. The van der Waals surface area contributed by atoms with E-state index in [0.717, 1.165) is 17.0 Å². The minimum Gasteiger partial charge on any atom is -0.384 e. The lowest BCUT2D eigenvalue weighted by molar-refractivity contribution is 0.506. The molecular formula is C13H9BrF2N2S. The standard InChI is InChI=1S/C13H9BrF2N2S/c14-10-5-7(1-3-9(10)13(17)18)19-8-2-4-11(15)12(16)6-8/h1-6H,(H3,17,18). The maximum absolute atomic E-state index is 13.1. The molecular weight excluding hydrogens is 334 g/mol. The molecule has 0 spiro atoms. The van der Waals surface area contributed by atoms with Crippen molar-refractivity contribution >= 4 is 33.5 Å². The van der Waals surface area contributed by atoms with Gasteiger partial charge >= 0.3 is 0 Å². The van der Waals surface area contributed by atoms with Gasteiger partial charge in [0.05, 0.1) is 0 Å². The minimum absolute atomic E-state index is 0.0312. The summed E-state index contributed by atoms with van der Waals surface area (Å²) in [7, 11) is 0. The first kappa shape index (κ1) is 14.0. The summed E-state index contributed by atoms with van der Waals surface area (Å²) in [5.74, 6) is -1.77. The predicted octanol–water partition coefficient (Wildman–Crippen LogP) is 4.16. The number of amidine groups is 1. The molecule has 98 valence electrons. The van der Waals surface area contributed by atoms with Gasteiger partial charge < -0.3 is 5.73 Å². The van der Waals surface area contributed by atoms with Gasteiger partial charge in [-0.1, -0.05) is 11.8 Å². The first-order valence-electron chi connectivity index (χ1n) is 5.24. The van der Waals surface area contributed by atoms with Crippen molar-refractivity contribution in [3.8, 4) is 0 Å². The summed E-state index contributed by atoms with van der Waals surface area (Å²) in [6, 6.07) is 9.00. The van der Waals surface area contributed by atoms with E-state index in [2.05, 4.69) is 15.9 Å². The van der Waals surface area contributed by atoms with Gasteiger partial charge in [0.15, 0.2) is 11.6 Å². The summed E-state index contributed by atoms with van der Waals surface area (Å²) >= 11 is 4.62. The topological polar surface area (TPSA) is 49.9 Å². The Balaban J connectivity index is 2.26. The van der Waals surface area contributed by atoms with Gasteiger partial charge in [0, 0.05) is 19.8 Å². The summed E-state index contributed by atoms with van der Waals surface area (Å²) in [5, 5.41) is 7.37. The van der Waals surface area contributed by atoms with Crippen LogP contribution in [0.1, 0.15) is 5.56 Å². The molecule has 0 heterocycles.